The molecule has 0 fully saturated rings. The summed E-state index contributed by atoms with van der Waals surface area (Å²) in [5, 5.41) is 8.89. The first-order chi connectivity index (χ1) is 9.12. The summed E-state index contributed by atoms with van der Waals surface area (Å²) in [6, 6.07) is 7.22. The summed E-state index contributed by atoms with van der Waals surface area (Å²) in [4.78, 5) is 24.5. The second kappa shape index (κ2) is 6.07. The normalized spacial score (nSPS) is 11.5. The number of nitrogens with zero attached hydrogens (tertiary/aromatic N) is 1. The highest BCUT2D eigenvalue weighted by atomic mass is 16.4. The zero-order chi connectivity index (χ0) is 15.5. The molecule has 0 radical (unpaired) electrons. The zero-order valence-corrected chi connectivity index (χ0v) is 12.8. The van der Waals surface area contributed by atoms with Gasteiger partial charge in [0.2, 0.25) is 0 Å². The minimum absolute atomic E-state index is 0.0282. The second-order valence-electron chi connectivity index (χ2n) is 6.25. The van der Waals surface area contributed by atoms with Crippen LogP contribution in [0.25, 0.3) is 0 Å². The number of hydrogen-bond acceptors (Lipinski definition) is 2. The van der Waals surface area contributed by atoms with E-state index in [9.17, 15) is 9.59 Å². The summed E-state index contributed by atoms with van der Waals surface area (Å²) >= 11 is 0. The van der Waals surface area contributed by atoms with Crippen molar-refractivity contribution in [2.24, 2.45) is 0 Å². The van der Waals surface area contributed by atoms with E-state index in [0.717, 1.165) is 5.56 Å². The Kier molecular flexibility index (Phi) is 4.93. The third kappa shape index (κ3) is 4.08. The van der Waals surface area contributed by atoms with Crippen LogP contribution in [-0.4, -0.2) is 34.5 Å². The van der Waals surface area contributed by atoms with Crippen molar-refractivity contribution in [2.75, 3.05) is 6.54 Å². The van der Waals surface area contributed by atoms with Gasteiger partial charge in [-0.3, -0.25) is 9.59 Å². The Hall–Kier alpha value is -1.84. The number of carbonyl (C=O) groups excluding carboxylic acids is 1. The monoisotopic (exact) mass is 277 g/mol. The lowest BCUT2D eigenvalue weighted by molar-refractivity contribution is -0.138. The molecule has 1 aromatic rings. The molecule has 0 aromatic heterocycles. The number of rotatable bonds is 4. The average molecular weight is 277 g/mol. The molecule has 1 amide bonds. The lowest BCUT2D eigenvalue weighted by Crippen LogP contribution is -2.40. The number of carboxylic acids is 1. The highest BCUT2D eigenvalue weighted by Gasteiger charge is 2.22. The van der Waals surface area contributed by atoms with Crippen molar-refractivity contribution in [2.45, 2.75) is 46.1 Å². The maximum atomic E-state index is 12.3. The van der Waals surface area contributed by atoms with Crippen molar-refractivity contribution >= 4 is 11.9 Å². The maximum absolute atomic E-state index is 12.3. The molecule has 0 saturated carbocycles. The Morgan fingerprint density at radius 1 is 1.15 bits per heavy atom. The Morgan fingerprint density at radius 2 is 1.65 bits per heavy atom. The molecule has 110 valence electrons. The van der Waals surface area contributed by atoms with Crippen molar-refractivity contribution < 1.29 is 14.7 Å². The van der Waals surface area contributed by atoms with Gasteiger partial charge in [-0.15, -0.1) is 0 Å². The Labute approximate surface area is 120 Å². The standard InChI is InChI=1S/C16H23NO3/c1-11(2)17(10-14(18)19)15(20)12-6-8-13(9-7-12)16(3,4)5/h6-9,11H,10H2,1-5H3,(H,18,19). The molecular formula is C16H23NO3. The van der Waals surface area contributed by atoms with Gasteiger partial charge < -0.3 is 10.0 Å². The minimum atomic E-state index is -1.00. The summed E-state index contributed by atoms with van der Waals surface area (Å²) in [7, 11) is 0. The predicted octanol–water partition coefficient (Wildman–Crippen LogP) is 2.92. The summed E-state index contributed by atoms with van der Waals surface area (Å²) in [5.41, 5.74) is 1.69. The van der Waals surface area contributed by atoms with Crippen molar-refractivity contribution in [1.82, 2.24) is 4.90 Å². The SMILES string of the molecule is CC(C)N(CC(=O)O)C(=O)c1ccc(C(C)(C)C)cc1. The molecule has 4 nitrogen and oxygen atoms in total. The molecule has 0 spiro atoms. The van der Waals surface area contributed by atoms with Crippen LogP contribution in [0.2, 0.25) is 0 Å². The molecule has 4 heteroatoms. The fourth-order valence-corrected chi connectivity index (χ4v) is 1.91. The first-order valence-corrected chi connectivity index (χ1v) is 6.76. The summed E-state index contributed by atoms with van der Waals surface area (Å²) < 4.78 is 0. The zero-order valence-electron chi connectivity index (χ0n) is 12.8. The van der Waals surface area contributed by atoms with Gasteiger partial charge >= 0.3 is 5.97 Å². The predicted molar refractivity (Wildman–Crippen MR) is 79.0 cm³/mol. The van der Waals surface area contributed by atoms with E-state index in [1.807, 2.05) is 26.0 Å². The van der Waals surface area contributed by atoms with E-state index < -0.39 is 5.97 Å². The van der Waals surface area contributed by atoms with Crippen LogP contribution in [0.5, 0.6) is 0 Å². The molecule has 0 aliphatic rings. The summed E-state index contributed by atoms with van der Waals surface area (Å²) in [6.45, 7) is 9.66. The van der Waals surface area contributed by atoms with E-state index in [0.29, 0.717) is 5.56 Å². The van der Waals surface area contributed by atoms with E-state index in [1.54, 1.807) is 12.1 Å². The lowest BCUT2D eigenvalue weighted by atomic mass is 9.86. The van der Waals surface area contributed by atoms with Crippen LogP contribution in [0.3, 0.4) is 0 Å². The topological polar surface area (TPSA) is 57.6 Å². The highest BCUT2D eigenvalue weighted by Crippen LogP contribution is 2.22. The van der Waals surface area contributed by atoms with Crippen molar-refractivity contribution in [3.63, 3.8) is 0 Å². The highest BCUT2D eigenvalue weighted by molar-refractivity contribution is 5.96. The van der Waals surface area contributed by atoms with Gasteiger partial charge in [-0.05, 0) is 37.0 Å². The number of hydrogen-bond donors (Lipinski definition) is 1. The molecular weight excluding hydrogens is 254 g/mol. The van der Waals surface area contributed by atoms with Gasteiger partial charge in [0, 0.05) is 11.6 Å². The van der Waals surface area contributed by atoms with Crippen LogP contribution in [0.1, 0.15) is 50.5 Å². The number of carboxylic acid groups (broad SMARTS) is 1. The number of amides is 1. The van der Waals surface area contributed by atoms with Crippen LogP contribution >= 0.6 is 0 Å². The molecule has 0 heterocycles. The summed E-state index contributed by atoms with van der Waals surface area (Å²) in [5.74, 6) is -1.25. The molecule has 0 atom stereocenters. The molecule has 0 saturated heterocycles. The molecule has 0 aliphatic heterocycles. The molecule has 1 rings (SSSR count). The Morgan fingerprint density at radius 3 is 2.00 bits per heavy atom. The van der Waals surface area contributed by atoms with Crippen LogP contribution < -0.4 is 0 Å². The van der Waals surface area contributed by atoms with Gasteiger partial charge in [0.1, 0.15) is 6.54 Å². The maximum Gasteiger partial charge on any atom is 0.323 e. The van der Waals surface area contributed by atoms with E-state index in [4.69, 9.17) is 5.11 Å². The van der Waals surface area contributed by atoms with Crippen molar-refractivity contribution in [1.29, 1.82) is 0 Å². The van der Waals surface area contributed by atoms with Crippen LogP contribution in [0.15, 0.2) is 24.3 Å². The number of aliphatic carboxylic acids is 1. The minimum Gasteiger partial charge on any atom is -0.480 e. The third-order valence-corrected chi connectivity index (χ3v) is 3.19. The quantitative estimate of drug-likeness (QED) is 0.920. The smallest absolute Gasteiger partial charge is 0.323 e. The summed E-state index contributed by atoms with van der Waals surface area (Å²) in [6.07, 6.45) is 0. The number of carbonyl (C=O) groups is 2. The van der Waals surface area contributed by atoms with Crippen molar-refractivity contribution in [3.8, 4) is 0 Å². The number of benzene rings is 1. The molecule has 1 N–H and O–H groups in total. The van der Waals surface area contributed by atoms with Crippen molar-refractivity contribution in [3.05, 3.63) is 35.4 Å². The van der Waals surface area contributed by atoms with E-state index in [-0.39, 0.29) is 23.9 Å². The molecule has 0 unspecified atom stereocenters. The van der Waals surface area contributed by atoms with Gasteiger partial charge in [-0.25, -0.2) is 0 Å². The van der Waals surface area contributed by atoms with Crippen LogP contribution in [0, 0.1) is 0 Å². The Balaban J connectivity index is 2.98. The third-order valence-electron chi connectivity index (χ3n) is 3.19. The van der Waals surface area contributed by atoms with Gasteiger partial charge in [0.05, 0.1) is 0 Å². The van der Waals surface area contributed by atoms with Gasteiger partial charge in [0.25, 0.3) is 5.91 Å². The largest absolute Gasteiger partial charge is 0.480 e. The van der Waals surface area contributed by atoms with Crippen LogP contribution in [-0.2, 0) is 10.2 Å². The molecule has 1 aromatic carbocycles. The van der Waals surface area contributed by atoms with E-state index in [1.165, 1.54) is 4.90 Å². The fourth-order valence-electron chi connectivity index (χ4n) is 1.91. The van der Waals surface area contributed by atoms with Gasteiger partial charge in [-0.2, -0.15) is 0 Å². The fraction of sp³-hybridized carbons (Fsp3) is 0.500. The van der Waals surface area contributed by atoms with Gasteiger partial charge in [-0.1, -0.05) is 32.9 Å². The first-order valence-electron chi connectivity index (χ1n) is 6.76. The lowest BCUT2D eigenvalue weighted by Gasteiger charge is -2.25. The van der Waals surface area contributed by atoms with Crippen LogP contribution in [0.4, 0.5) is 0 Å². The first kappa shape index (κ1) is 16.2. The Bertz CT molecular complexity index is 483. The molecule has 0 bridgehead atoms. The van der Waals surface area contributed by atoms with E-state index in [2.05, 4.69) is 20.8 Å². The second-order valence-corrected chi connectivity index (χ2v) is 6.25. The van der Waals surface area contributed by atoms with Gasteiger partial charge in [0.15, 0.2) is 0 Å². The molecule has 20 heavy (non-hydrogen) atoms. The van der Waals surface area contributed by atoms with E-state index >= 15 is 0 Å². The molecule has 0 aliphatic carbocycles. The average Bonchev–Trinajstić information content (AvgIpc) is 2.33.